The second-order valence-corrected chi connectivity index (χ2v) is 6.43. The Morgan fingerprint density at radius 2 is 2.10 bits per heavy atom. The number of pyridine rings is 1. The summed E-state index contributed by atoms with van der Waals surface area (Å²) in [5, 5.41) is 11.0. The Labute approximate surface area is 122 Å². The third kappa shape index (κ3) is 5.78. The van der Waals surface area contributed by atoms with Gasteiger partial charge < -0.3 is 15.2 Å². The summed E-state index contributed by atoms with van der Waals surface area (Å²) in [5.41, 5.74) is 0.237. The van der Waals surface area contributed by atoms with E-state index in [-0.39, 0.29) is 11.6 Å². The van der Waals surface area contributed by atoms with E-state index >= 15 is 0 Å². The van der Waals surface area contributed by atoms with E-state index in [9.17, 15) is 18.0 Å². The molecule has 1 aromatic rings. The fourth-order valence-corrected chi connectivity index (χ4v) is 3.07. The fourth-order valence-electron chi connectivity index (χ4n) is 1.61. The molecule has 0 aromatic carbocycles. The number of nitrogens with one attached hydrogen (secondary N) is 1. The molecule has 2 N–H and O–H groups in total. The predicted molar refractivity (Wildman–Crippen MR) is 73.5 cm³/mol. The molecule has 116 valence electrons. The van der Waals surface area contributed by atoms with Gasteiger partial charge in [-0.25, -0.2) is 18.2 Å². The molecular formula is C12H16N2O6S. The standard InChI is InChI=1S/C12H16N2O6S/c1-8(15)13-10(12(16)17)7-21(18,19)6-9-4-3-5-11(14-9)20-2/h3-5,10H,6-7H2,1-2H3,(H,13,15)(H,16,17). The van der Waals surface area contributed by atoms with Crippen LogP contribution in [0.2, 0.25) is 0 Å². The largest absolute Gasteiger partial charge is 0.481 e. The van der Waals surface area contributed by atoms with Crippen LogP contribution in [-0.4, -0.2) is 49.3 Å². The molecule has 0 aliphatic heterocycles. The minimum atomic E-state index is -3.76. The molecule has 9 heteroatoms. The van der Waals surface area contributed by atoms with E-state index < -0.39 is 39.3 Å². The average Bonchev–Trinajstić information content (AvgIpc) is 2.36. The molecule has 0 spiro atoms. The maximum atomic E-state index is 12.0. The maximum Gasteiger partial charge on any atom is 0.327 e. The van der Waals surface area contributed by atoms with Gasteiger partial charge in [0.05, 0.1) is 24.3 Å². The molecule has 1 unspecified atom stereocenters. The highest BCUT2D eigenvalue weighted by Crippen LogP contribution is 2.11. The number of carboxylic acid groups (broad SMARTS) is 1. The summed E-state index contributed by atoms with van der Waals surface area (Å²) in [4.78, 5) is 25.8. The summed E-state index contributed by atoms with van der Waals surface area (Å²) in [5.74, 6) is -2.90. The van der Waals surface area contributed by atoms with E-state index in [1.807, 2.05) is 0 Å². The Hall–Kier alpha value is -2.16. The Bertz CT molecular complexity index is 628. The number of aromatic nitrogens is 1. The van der Waals surface area contributed by atoms with E-state index in [1.165, 1.54) is 13.2 Å². The molecule has 0 radical (unpaired) electrons. The van der Waals surface area contributed by atoms with E-state index in [1.54, 1.807) is 12.1 Å². The highest BCUT2D eigenvalue weighted by atomic mass is 32.2. The van der Waals surface area contributed by atoms with Gasteiger partial charge in [-0.1, -0.05) is 6.07 Å². The third-order valence-corrected chi connectivity index (χ3v) is 4.03. The van der Waals surface area contributed by atoms with Crippen molar-refractivity contribution in [1.29, 1.82) is 0 Å². The van der Waals surface area contributed by atoms with Gasteiger partial charge in [0, 0.05) is 13.0 Å². The van der Waals surface area contributed by atoms with Crippen LogP contribution in [0.1, 0.15) is 12.6 Å². The van der Waals surface area contributed by atoms with Crippen LogP contribution >= 0.6 is 0 Å². The van der Waals surface area contributed by atoms with Gasteiger partial charge in [-0.05, 0) is 6.07 Å². The van der Waals surface area contributed by atoms with Crippen molar-refractivity contribution in [2.45, 2.75) is 18.7 Å². The van der Waals surface area contributed by atoms with Gasteiger partial charge in [-0.3, -0.25) is 4.79 Å². The number of amides is 1. The van der Waals surface area contributed by atoms with Crippen molar-refractivity contribution in [3.63, 3.8) is 0 Å². The van der Waals surface area contributed by atoms with Gasteiger partial charge in [0.2, 0.25) is 11.8 Å². The first kappa shape index (κ1) is 16.9. The molecule has 0 fully saturated rings. The van der Waals surface area contributed by atoms with Crippen LogP contribution in [0, 0.1) is 0 Å². The van der Waals surface area contributed by atoms with Gasteiger partial charge >= 0.3 is 5.97 Å². The number of carbonyl (C=O) groups excluding carboxylic acids is 1. The summed E-state index contributed by atoms with van der Waals surface area (Å²) in [6, 6.07) is 3.15. The van der Waals surface area contributed by atoms with E-state index in [0.717, 1.165) is 6.92 Å². The minimum absolute atomic E-state index is 0.237. The smallest absolute Gasteiger partial charge is 0.327 e. The normalized spacial score (nSPS) is 12.5. The SMILES string of the molecule is COc1cccc(CS(=O)(=O)CC(NC(C)=O)C(=O)O)n1. The number of aliphatic carboxylic acids is 1. The maximum absolute atomic E-state index is 12.0. The zero-order chi connectivity index (χ0) is 16.0. The van der Waals surface area contributed by atoms with Crippen molar-refractivity contribution in [2.75, 3.05) is 12.9 Å². The molecule has 0 saturated carbocycles. The molecule has 1 aromatic heterocycles. The van der Waals surface area contributed by atoms with Gasteiger partial charge in [0.15, 0.2) is 9.84 Å². The molecular weight excluding hydrogens is 300 g/mol. The van der Waals surface area contributed by atoms with Gasteiger partial charge in [0.1, 0.15) is 6.04 Å². The van der Waals surface area contributed by atoms with Crippen molar-refractivity contribution in [1.82, 2.24) is 10.3 Å². The van der Waals surface area contributed by atoms with E-state index in [2.05, 4.69) is 10.3 Å². The number of rotatable bonds is 7. The molecule has 1 rings (SSSR count). The minimum Gasteiger partial charge on any atom is -0.481 e. The lowest BCUT2D eigenvalue weighted by Crippen LogP contribution is -2.44. The second kappa shape index (κ2) is 7.02. The monoisotopic (exact) mass is 316 g/mol. The summed E-state index contributed by atoms with van der Waals surface area (Å²) in [6.45, 7) is 1.12. The molecule has 8 nitrogen and oxygen atoms in total. The van der Waals surface area contributed by atoms with Crippen molar-refractivity contribution < 1.29 is 27.9 Å². The highest BCUT2D eigenvalue weighted by molar-refractivity contribution is 7.90. The summed E-state index contributed by atoms with van der Waals surface area (Å²) >= 11 is 0. The fraction of sp³-hybridized carbons (Fsp3) is 0.417. The lowest BCUT2D eigenvalue weighted by molar-refractivity contribution is -0.140. The van der Waals surface area contributed by atoms with Gasteiger partial charge in [-0.15, -0.1) is 0 Å². The number of methoxy groups -OCH3 is 1. The van der Waals surface area contributed by atoms with Crippen LogP contribution in [0.5, 0.6) is 5.88 Å². The number of hydrogen-bond acceptors (Lipinski definition) is 6. The van der Waals surface area contributed by atoms with Crippen LogP contribution < -0.4 is 10.1 Å². The van der Waals surface area contributed by atoms with Crippen LogP contribution in [0.4, 0.5) is 0 Å². The molecule has 21 heavy (non-hydrogen) atoms. The molecule has 1 heterocycles. The van der Waals surface area contributed by atoms with Gasteiger partial charge in [0.25, 0.3) is 0 Å². The number of carbonyl (C=O) groups is 2. The molecule has 0 saturated heterocycles. The molecule has 0 bridgehead atoms. The summed E-state index contributed by atoms with van der Waals surface area (Å²) in [6.07, 6.45) is 0. The Morgan fingerprint density at radius 3 is 2.62 bits per heavy atom. The quantitative estimate of drug-likeness (QED) is 0.701. The third-order valence-electron chi connectivity index (χ3n) is 2.45. The van der Waals surface area contributed by atoms with Crippen LogP contribution in [0.3, 0.4) is 0 Å². The molecule has 1 amide bonds. The summed E-state index contributed by atoms with van der Waals surface area (Å²) in [7, 11) is -2.36. The van der Waals surface area contributed by atoms with Crippen molar-refractivity contribution in [3.8, 4) is 5.88 Å². The highest BCUT2D eigenvalue weighted by Gasteiger charge is 2.26. The number of nitrogens with zero attached hydrogens (tertiary/aromatic N) is 1. The average molecular weight is 316 g/mol. The Balaban J connectivity index is 2.84. The number of hydrogen-bond donors (Lipinski definition) is 2. The second-order valence-electron chi connectivity index (χ2n) is 4.32. The lowest BCUT2D eigenvalue weighted by Gasteiger charge is -2.13. The Morgan fingerprint density at radius 1 is 1.43 bits per heavy atom. The first-order chi connectivity index (χ1) is 9.73. The first-order valence-corrected chi connectivity index (χ1v) is 7.76. The van der Waals surface area contributed by atoms with Crippen molar-refractivity contribution in [2.24, 2.45) is 0 Å². The predicted octanol–water partition coefficient (Wildman–Crippen LogP) is -0.406. The van der Waals surface area contributed by atoms with Crippen LogP contribution in [-0.2, 0) is 25.2 Å². The van der Waals surface area contributed by atoms with Gasteiger partial charge in [-0.2, -0.15) is 0 Å². The summed E-state index contributed by atoms with van der Waals surface area (Å²) < 4.78 is 28.9. The van der Waals surface area contributed by atoms with Crippen LogP contribution in [0.15, 0.2) is 18.2 Å². The molecule has 0 aliphatic rings. The first-order valence-electron chi connectivity index (χ1n) is 5.94. The van der Waals surface area contributed by atoms with E-state index in [4.69, 9.17) is 9.84 Å². The zero-order valence-electron chi connectivity index (χ0n) is 11.6. The number of sulfone groups is 1. The van der Waals surface area contributed by atoms with Crippen LogP contribution in [0.25, 0.3) is 0 Å². The number of ether oxygens (including phenoxy) is 1. The zero-order valence-corrected chi connectivity index (χ0v) is 12.4. The molecule has 1 atom stereocenters. The Kier molecular flexibility index (Phi) is 5.65. The lowest BCUT2D eigenvalue weighted by atomic mass is 10.3. The number of carboxylic acids is 1. The van der Waals surface area contributed by atoms with Crippen molar-refractivity contribution >= 4 is 21.7 Å². The van der Waals surface area contributed by atoms with E-state index in [0.29, 0.717) is 0 Å². The van der Waals surface area contributed by atoms with Crippen molar-refractivity contribution in [3.05, 3.63) is 23.9 Å². The topological polar surface area (TPSA) is 123 Å². The molecule has 0 aliphatic carbocycles.